The second-order valence-electron chi connectivity index (χ2n) is 2.75. The predicted molar refractivity (Wildman–Crippen MR) is 66.1 cm³/mol. The van der Waals surface area contributed by atoms with Gasteiger partial charge in [-0.05, 0) is 23.7 Å². The van der Waals surface area contributed by atoms with E-state index in [0.29, 0.717) is 0 Å². The summed E-state index contributed by atoms with van der Waals surface area (Å²) in [6, 6.07) is 2.09. The fourth-order valence-corrected chi connectivity index (χ4v) is 3.43. The molecule has 0 atom stereocenters. The largest absolute Gasteiger partial charge is 0.375 e. The fourth-order valence-electron chi connectivity index (χ4n) is 1.23. The Bertz CT molecular complexity index is 383. The number of nitrogens with one attached hydrogen (secondary N) is 1. The van der Waals surface area contributed by atoms with Crippen LogP contribution in [0.2, 0.25) is 0 Å². The zero-order chi connectivity index (χ0) is 9.97. The number of fused-ring (bicyclic) bond motifs is 1. The van der Waals surface area contributed by atoms with Crippen LogP contribution in [0.15, 0.2) is 20.8 Å². The molecule has 0 saturated carbocycles. The van der Waals surface area contributed by atoms with Gasteiger partial charge in [0.25, 0.3) is 0 Å². The van der Waals surface area contributed by atoms with Crippen LogP contribution in [0.4, 0.5) is 0 Å². The molecule has 3 nitrogen and oxygen atoms in total. The molecule has 0 spiro atoms. The van der Waals surface area contributed by atoms with E-state index in [1.807, 2.05) is 11.8 Å². The summed E-state index contributed by atoms with van der Waals surface area (Å²) >= 11 is 8.33. The molecular weight excluding hydrogens is 234 g/mol. The summed E-state index contributed by atoms with van der Waals surface area (Å²) in [5, 5.41) is 6.49. The highest BCUT2D eigenvalue weighted by atomic mass is 32.2. The smallest absolute Gasteiger partial charge is 0.184 e. The van der Waals surface area contributed by atoms with Crippen molar-refractivity contribution in [2.75, 3.05) is 5.75 Å². The Morgan fingerprint density at radius 2 is 2.50 bits per heavy atom. The van der Waals surface area contributed by atoms with Crippen LogP contribution in [0.1, 0.15) is 12.0 Å². The lowest BCUT2D eigenvalue weighted by Gasteiger charge is -2.12. The lowest BCUT2D eigenvalue weighted by atomic mass is 10.1. The van der Waals surface area contributed by atoms with Crippen LogP contribution in [0.25, 0.3) is 0 Å². The quantitative estimate of drug-likeness (QED) is 0.583. The van der Waals surface area contributed by atoms with Gasteiger partial charge in [-0.1, -0.05) is 0 Å². The molecule has 0 saturated heterocycles. The van der Waals surface area contributed by atoms with Gasteiger partial charge in [-0.2, -0.15) is 5.10 Å². The van der Waals surface area contributed by atoms with Crippen LogP contribution in [0.3, 0.4) is 0 Å². The van der Waals surface area contributed by atoms with E-state index in [0.717, 1.165) is 17.9 Å². The summed E-state index contributed by atoms with van der Waals surface area (Å²) in [5.41, 5.74) is 10.2. The molecule has 1 aromatic heterocycles. The number of nitrogens with zero attached hydrogens (tertiary/aromatic N) is 1. The summed E-state index contributed by atoms with van der Waals surface area (Å²) < 4.78 is 1.33. The predicted octanol–water partition coefficient (Wildman–Crippen LogP) is 1.78. The van der Waals surface area contributed by atoms with Gasteiger partial charge in [-0.15, -0.1) is 23.1 Å². The normalized spacial score (nSPS) is 17.9. The molecule has 0 bridgehead atoms. The van der Waals surface area contributed by atoms with Gasteiger partial charge in [-0.25, -0.2) is 0 Å². The van der Waals surface area contributed by atoms with Crippen LogP contribution in [-0.4, -0.2) is 16.6 Å². The highest BCUT2D eigenvalue weighted by Crippen LogP contribution is 2.34. The first-order valence-electron chi connectivity index (χ1n) is 4.10. The topological polar surface area (TPSA) is 50.4 Å². The maximum atomic E-state index is 5.32. The molecule has 0 amide bonds. The highest BCUT2D eigenvalue weighted by molar-refractivity contribution is 8.01. The second kappa shape index (κ2) is 4.29. The Morgan fingerprint density at radius 3 is 3.29 bits per heavy atom. The van der Waals surface area contributed by atoms with E-state index in [1.54, 1.807) is 11.3 Å². The molecule has 0 aliphatic carbocycles. The molecule has 2 rings (SSSR count). The zero-order valence-corrected chi connectivity index (χ0v) is 9.77. The third-order valence-corrected chi connectivity index (χ3v) is 4.14. The summed E-state index contributed by atoms with van der Waals surface area (Å²) in [4.78, 5) is 0. The average Bonchev–Trinajstić information content (AvgIpc) is 2.62. The van der Waals surface area contributed by atoms with Crippen molar-refractivity contribution >= 4 is 46.1 Å². The van der Waals surface area contributed by atoms with E-state index in [2.05, 4.69) is 22.0 Å². The number of thiophene rings is 1. The summed E-state index contributed by atoms with van der Waals surface area (Å²) in [7, 11) is 0. The zero-order valence-electron chi connectivity index (χ0n) is 7.32. The minimum Gasteiger partial charge on any atom is -0.375 e. The molecule has 0 fully saturated rings. The third-order valence-electron chi connectivity index (χ3n) is 1.81. The lowest BCUT2D eigenvalue weighted by Crippen LogP contribution is -2.26. The third kappa shape index (κ3) is 2.08. The van der Waals surface area contributed by atoms with Gasteiger partial charge in [0, 0.05) is 17.7 Å². The van der Waals surface area contributed by atoms with Crippen molar-refractivity contribution < 1.29 is 0 Å². The second-order valence-corrected chi connectivity index (χ2v) is 5.47. The maximum absolute atomic E-state index is 5.32. The van der Waals surface area contributed by atoms with Crippen molar-refractivity contribution in [3.05, 3.63) is 17.0 Å². The van der Waals surface area contributed by atoms with E-state index >= 15 is 0 Å². The summed E-state index contributed by atoms with van der Waals surface area (Å²) in [6.45, 7) is 0. The monoisotopic (exact) mass is 243 g/mol. The SMILES string of the molecule is NC(=S)N/N=C1/CCSc2sccc21. The number of rotatable bonds is 1. The van der Waals surface area contributed by atoms with Crippen LogP contribution in [0.5, 0.6) is 0 Å². The lowest BCUT2D eigenvalue weighted by molar-refractivity contribution is 1.01. The van der Waals surface area contributed by atoms with Crippen molar-refractivity contribution in [2.24, 2.45) is 10.8 Å². The molecule has 1 aliphatic heterocycles. The summed E-state index contributed by atoms with van der Waals surface area (Å²) in [6.07, 6.45) is 0.962. The molecule has 74 valence electrons. The van der Waals surface area contributed by atoms with Gasteiger partial charge in [0.15, 0.2) is 5.11 Å². The van der Waals surface area contributed by atoms with Crippen LogP contribution < -0.4 is 11.2 Å². The number of thiocarbonyl (C=S) groups is 1. The van der Waals surface area contributed by atoms with E-state index in [9.17, 15) is 0 Å². The highest BCUT2D eigenvalue weighted by Gasteiger charge is 2.16. The van der Waals surface area contributed by atoms with Crippen LogP contribution in [-0.2, 0) is 0 Å². The number of thioether (sulfide) groups is 1. The van der Waals surface area contributed by atoms with E-state index in [4.69, 9.17) is 18.0 Å². The van der Waals surface area contributed by atoms with Crippen molar-refractivity contribution in [2.45, 2.75) is 10.6 Å². The standard InChI is InChI=1S/C8H9N3S3/c9-8(12)11-10-6-2-4-14-7-5(6)1-3-13-7/h1,3H,2,4H2,(H3,9,11,12)/b10-6-. The Balaban J connectivity index is 2.23. The molecule has 3 N–H and O–H groups in total. The Kier molecular flexibility index (Phi) is 3.05. The maximum Gasteiger partial charge on any atom is 0.184 e. The molecule has 0 aromatic carbocycles. The van der Waals surface area contributed by atoms with E-state index < -0.39 is 0 Å². The van der Waals surface area contributed by atoms with E-state index in [-0.39, 0.29) is 5.11 Å². The van der Waals surface area contributed by atoms with Gasteiger partial charge in [-0.3, -0.25) is 5.43 Å². The van der Waals surface area contributed by atoms with Gasteiger partial charge in [0.2, 0.25) is 0 Å². The molecule has 1 aromatic rings. The fraction of sp³-hybridized carbons (Fsp3) is 0.250. The number of nitrogens with two attached hydrogens (primary N) is 1. The van der Waals surface area contributed by atoms with Crippen LogP contribution >= 0.6 is 35.3 Å². The first-order valence-corrected chi connectivity index (χ1v) is 6.37. The summed E-state index contributed by atoms with van der Waals surface area (Å²) in [5.74, 6) is 1.07. The molecular formula is C8H9N3S3. The first kappa shape index (κ1) is 9.95. The van der Waals surface area contributed by atoms with Crippen LogP contribution in [0, 0.1) is 0 Å². The van der Waals surface area contributed by atoms with Gasteiger partial charge in [0.1, 0.15) is 0 Å². The Labute approximate surface area is 95.8 Å². The average molecular weight is 243 g/mol. The Morgan fingerprint density at radius 1 is 1.64 bits per heavy atom. The number of hydrogen-bond acceptors (Lipinski definition) is 4. The number of hydrogen-bond donors (Lipinski definition) is 2. The van der Waals surface area contributed by atoms with Crippen molar-refractivity contribution in [3.8, 4) is 0 Å². The van der Waals surface area contributed by atoms with Gasteiger partial charge < -0.3 is 5.73 Å². The minimum absolute atomic E-state index is 0.215. The number of hydrazone groups is 1. The van der Waals surface area contributed by atoms with Crippen molar-refractivity contribution in [1.82, 2.24) is 5.43 Å². The van der Waals surface area contributed by atoms with Gasteiger partial charge in [0.05, 0.1) is 9.92 Å². The van der Waals surface area contributed by atoms with Crippen molar-refractivity contribution in [1.29, 1.82) is 0 Å². The Hall–Kier alpha value is -0.590. The van der Waals surface area contributed by atoms with E-state index in [1.165, 1.54) is 9.77 Å². The molecule has 6 heteroatoms. The molecule has 0 unspecified atom stereocenters. The van der Waals surface area contributed by atoms with Gasteiger partial charge >= 0.3 is 0 Å². The first-order chi connectivity index (χ1) is 6.77. The minimum atomic E-state index is 0.215. The molecule has 2 heterocycles. The molecule has 14 heavy (non-hydrogen) atoms. The molecule has 0 radical (unpaired) electrons. The molecule has 1 aliphatic rings. The van der Waals surface area contributed by atoms with Crippen molar-refractivity contribution in [3.63, 3.8) is 0 Å².